The number of nitrogens with one attached hydrogen (secondary N) is 1. The third-order valence-corrected chi connectivity index (χ3v) is 4.84. The fraction of sp³-hybridized carbons (Fsp3) is 0.611. The summed E-state index contributed by atoms with van der Waals surface area (Å²) >= 11 is 0. The number of nitrogens with zero attached hydrogens (tertiary/aromatic N) is 3. The standard InChI is InChI=1S/C18H26N4O3/c1-12-10-21(11-13(2)25-12)14-5-6-19-15(9-14)16(23)22-8-7-20-17(24)18(22,3)4/h5-6,9,12-13H,7-8,10-11H2,1-4H3,(H,20,24). The van der Waals surface area contributed by atoms with Crippen molar-refractivity contribution in [2.45, 2.75) is 45.4 Å². The monoisotopic (exact) mass is 346 g/mol. The van der Waals surface area contributed by atoms with Crippen LogP contribution in [0.3, 0.4) is 0 Å². The van der Waals surface area contributed by atoms with E-state index in [0.717, 1.165) is 18.8 Å². The van der Waals surface area contributed by atoms with E-state index in [-0.39, 0.29) is 24.0 Å². The fourth-order valence-corrected chi connectivity index (χ4v) is 3.52. The molecule has 25 heavy (non-hydrogen) atoms. The topological polar surface area (TPSA) is 74.8 Å². The van der Waals surface area contributed by atoms with Gasteiger partial charge in [0.25, 0.3) is 5.91 Å². The van der Waals surface area contributed by atoms with Crippen LogP contribution in [-0.2, 0) is 9.53 Å². The summed E-state index contributed by atoms with van der Waals surface area (Å²) in [5, 5.41) is 2.81. The minimum atomic E-state index is -0.880. The molecule has 0 spiro atoms. The van der Waals surface area contributed by atoms with Crippen LogP contribution < -0.4 is 10.2 Å². The van der Waals surface area contributed by atoms with Gasteiger partial charge in [0.15, 0.2) is 0 Å². The molecular formula is C18H26N4O3. The van der Waals surface area contributed by atoms with Crippen LogP contribution in [0.1, 0.15) is 38.2 Å². The van der Waals surface area contributed by atoms with E-state index in [1.54, 1.807) is 24.9 Å². The lowest BCUT2D eigenvalue weighted by Crippen LogP contribution is -2.63. The zero-order chi connectivity index (χ0) is 18.2. The van der Waals surface area contributed by atoms with Crippen LogP contribution in [0.4, 0.5) is 5.69 Å². The lowest BCUT2D eigenvalue weighted by molar-refractivity contribution is -0.133. The Labute approximate surface area is 148 Å². The highest BCUT2D eigenvalue weighted by Gasteiger charge is 2.41. The number of pyridine rings is 1. The number of ether oxygens (including phenoxy) is 1. The summed E-state index contributed by atoms with van der Waals surface area (Å²) in [5.41, 5.74) is 0.446. The van der Waals surface area contributed by atoms with Crippen molar-refractivity contribution in [3.05, 3.63) is 24.0 Å². The average molecular weight is 346 g/mol. The van der Waals surface area contributed by atoms with Crippen molar-refractivity contribution in [3.8, 4) is 0 Å². The van der Waals surface area contributed by atoms with Gasteiger partial charge in [-0.1, -0.05) is 0 Å². The highest BCUT2D eigenvalue weighted by Crippen LogP contribution is 2.24. The van der Waals surface area contributed by atoms with E-state index < -0.39 is 5.54 Å². The molecule has 2 amide bonds. The second kappa shape index (κ2) is 6.63. The van der Waals surface area contributed by atoms with E-state index in [1.165, 1.54) is 0 Å². The molecule has 0 aliphatic carbocycles. The number of morpholine rings is 1. The number of aromatic nitrogens is 1. The minimum Gasteiger partial charge on any atom is -0.372 e. The van der Waals surface area contributed by atoms with Gasteiger partial charge in [-0.25, -0.2) is 0 Å². The van der Waals surface area contributed by atoms with Gasteiger partial charge in [-0.2, -0.15) is 0 Å². The van der Waals surface area contributed by atoms with E-state index in [1.807, 2.05) is 26.0 Å². The van der Waals surface area contributed by atoms with Gasteiger partial charge in [0.05, 0.1) is 12.2 Å². The maximum absolute atomic E-state index is 13.0. The molecule has 2 fully saturated rings. The van der Waals surface area contributed by atoms with Crippen LogP contribution in [0.2, 0.25) is 0 Å². The molecule has 2 aliphatic heterocycles. The van der Waals surface area contributed by atoms with Crippen LogP contribution in [-0.4, -0.2) is 65.6 Å². The van der Waals surface area contributed by atoms with Gasteiger partial charge < -0.3 is 19.9 Å². The van der Waals surface area contributed by atoms with Crippen molar-refractivity contribution in [1.82, 2.24) is 15.2 Å². The molecule has 1 aromatic rings. The lowest BCUT2D eigenvalue weighted by Gasteiger charge is -2.41. The van der Waals surface area contributed by atoms with Gasteiger partial charge in [0, 0.05) is 38.1 Å². The lowest BCUT2D eigenvalue weighted by atomic mass is 9.98. The molecule has 1 aromatic heterocycles. The zero-order valence-corrected chi connectivity index (χ0v) is 15.3. The number of hydrogen-bond acceptors (Lipinski definition) is 5. The Bertz CT molecular complexity index is 666. The van der Waals surface area contributed by atoms with E-state index >= 15 is 0 Å². The molecule has 136 valence electrons. The smallest absolute Gasteiger partial charge is 0.273 e. The molecular weight excluding hydrogens is 320 g/mol. The summed E-state index contributed by atoms with van der Waals surface area (Å²) in [6, 6.07) is 3.73. The third-order valence-electron chi connectivity index (χ3n) is 4.84. The van der Waals surface area contributed by atoms with Crippen molar-refractivity contribution in [1.29, 1.82) is 0 Å². The van der Waals surface area contributed by atoms with E-state index in [4.69, 9.17) is 4.74 Å². The maximum atomic E-state index is 13.0. The van der Waals surface area contributed by atoms with Crippen LogP contribution >= 0.6 is 0 Å². The van der Waals surface area contributed by atoms with Crippen LogP contribution in [0.15, 0.2) is 18.3 Å². The van der Waals surface area contributed by atoms with Gasteiger partial charge in [-0.05, 0) is 39.8 Å². The average Bonchev–Trinajstić information content (AvgIpc) is 2.56. The molecule has 2 aliphatic rings. The van der Waals surface area contributed by atoms with Crippen molar-refractivity contribution in [2.24, 2.45) is 0 Å². The first-order valence-corrected chi connectivity index (χ1v) is 8.76. The van der Waals surface area contributed by atoms with E-state index in [2.05, 4.69) is 15.2 Å². The van der Waals surface area contributed by atoms with Gasteiger partial charge in [-0.15, -0.1) is 0 Å². The van der Waals surface area contributed by atoms with Gasteiger partial charge in [0.1, 0.15) is 11.2 Å². The Morgan fingerprint density at radius 1 is 1.32 bits per heavy atom. The molecule has 2 saturated heterocycles. The Balaban J connectivity index is 1.83. The summed E-state index contributed by atoms with van der Waals surface area (Å²) in [5.74, 6) is -0.352. The second-order valence-electron chi connectivity index (χ2n) is 7.33. The minimum absolute atomic E-state index is 0.140. The first kappa shape index (κ1) is 17.7. The number of carbonyl (C=O) groups excluding carboxylic acids is 2. The number of hydrogen-bond donors (Lipinski definition) is 1. The Hall–Kier alpha value is -2.15. The first-order chi connectivity index (χ1) is 11.8. The van der Waals surface area contributed by atoms with Gasteiger partial charge in [-0.3, -0.25) is 14.6 Å². The summed E-state index contributed by atoms with van der Waals surface area (Å²) in [7, 11) is 0. The Morgan fingerprint density at radius 3 is 2.68 bits per heavy atom. The summed E-state index contributed by atoms with van der Waals surface area (Å²) in [4.78, 5) is 33.1. The van der Waals surface area contributed by atoms with Crippen molar-refractivity contribution in [3.63, 3.8) is 0 Å². The molecule has 0 radical (unpaired) electrons. The normalized spacial score (nSPS) is 26.3. The van der Waals surface area contributed by atoms with Crippen molar-refractivity contribution in [2.75, 3.05) is 31.1 Å². The molecule has 3 rings (SSSR count). The third kappa shape index (κ3) is 3.46. The van der Waals surface area contributed by atoms with Crippen LogP contribution in [0, 0.1) is 0 Å². The Morgan fingerprint density at radius 2 is 2.00 bits per heavy atom. The number of anilines is 1. The number of piperazine rings is 1. The molecule has 0 saturated carbocycles. The molecule has 2 atom stereocenters. The molecule has 2 unspecified atom stereocenters. The van der Waals surface area contributed by atoms with Crippen molar-refractivity contribution >= 4 is 17.5 Å². The van der Waals surface area contributed by atoms with Gasteiger partial charge >= 0.3 is 0 Å². The van der Waals surface area contributed by atoms with Crippen LogP contribution in [0.5, 0.6) is 0 Å². The summed E-state index contributed by atoms with van der Waals surface area (Å²) < 4.78 is 5.77. The molecule has 0 aromatic carbocycles. The zero-order valence-electron chi connectivity index (χ0n) is 15.3. The second-order valence-corrected chi connectivity index (χ2v) is 7.33. The quantitative estimate of drug-likeness (QED) is 0.866. The maximum Gasteiger partial charge on any atom is 0.273 e. The highest BCUT2D eigenvalue weighted by atomic mass is 16.5. The fourth-order valence-electron chi connectivity index (χ4n) is 3.52. The molecule has 7 nitrogen and oxygen atoms in total. The number of amides is 2. The molecule has 1 N–H and O–H groups in total. The van der Waals surface area contributed by atoms with E-state index in [0.29, 0.717) is 18.8 Å². The summed E-state index contributed by atoms with van der Waals surface area (Å²) in [6.45, 7) is 10.1. The SMILES string of the molecule is CC1CN(c2ccnc(C(=O)N3CCNC(=O)C3(C)C)c2)CC(C)O1. The highest BCUT2D eigenvalue weighted by molar-refractivity contribution is 5.99. The van der Waals surface area contributed by atoms with Gasteiger partial charge in [0.2, 0.25) is 5.91 Å². The first-order valence-electron chi connectivity index (χ1n) is 8.76. The predicted molar refractivity (Wildman–Crippen MR) is 94.6 cm³/mol. The Kier molecular flexibility index (Phi) is 4.69. The molecule has 0 bridgehead atoms. The summed E-state index contributed by atoms with van der Waals surface area (Å²) in [6.07, 6.45) is 1.94. The molecule has 3 heterocycles. The van der Waals surface area contributed by atoms with E-state index in [9.17, 15) is 9.59 Å². The largest absolute Gasteiger partial charge is 0.372 e. The van der Waals surface area contributed by atoms with Crippen molar-refractivity contribution < 1.29 is 14.3 Å². The van der Waals surface area contributed by atoms with Crippen LogP contribution in [0.25, 0.3) is 0 Å². The number of rotatable bonds is 2. The number of carbonyl (C=O) groups is 2. The predicted octanol–water partition coefficient (Wildman–Crippen LogP) is 1.05. The molecule has 7 heteroatoms.